The number of nitrogens with zero attached hydrogens (tertiary/aromatic N) is 1. The van der Waals surface area contributed by atoms with E-state index in [1.54, 1.807) is 6.07 Å². The molecule has 2 heteroatoms. The maximum atomic E-state index is 12.5. The average Bonchev–Trinajstić information content (AvgIpc) is 2.57. The van der Waals surface area contributed by atoms with Gasteiger partial charge < -0.3 is 4.57 Å². The molecule has 128 valence electrons. The monoisotopic (exact) mass is 331 g/mol. The average molecular weight is 331 g/mol. The molecule has 2 nitrogen and oxygen atoms in total. The number of hydrogen-bond donors (Lipinski definition) is 0. The molecule has 3 aromatic rings. The van der Waals surface area contributed by atoms with Crippen LogP contribution in [0.25, 0.3) is 11.3 Å². The molecule has 0 atom stereocenters. The molecule has 0 aliphatic carbocycles. The molecule has 0 aliphatic rings. The Morgan fingerprint density at radius 2 is 1.48 bits per heavy atom. The molecule has 0 saturated heterocycles. The topological polar surface area (TPSA) is 22.0 Å². The second-order valence-corrected chi connectivity index (χ2v) is 7.65. The molecule has 3 rings (SSSR count). The maximum Gasteiger partial charge on any atom is 0.251 e. The Balaban J connectivity index is 1.98. The number of aryl methyl sites for hydroxylation is 1. The molecule has 0 N–H and O–H groups in total. The largest absolute Gasteiger partial charge is 0.304 e. The fourth-order valence-electron chi connectivity index (χ4n) is 2.95. The molecule has 25 heavy (non-hydrogen) atoms. The Hall–Kier alpha value is -2.61. The summed E-state index contributed by atoms with van der Waals surface area (Å²) < 4.78 is 1.84. The van der Waals surface area contributed by atoms with E-state index in [2.05, 4.69) is 76.2 Å². The third-order valence-corrected chi connectivity index (χ3v) is 4.56. The Kier molecular flexibility index (Phi) is 4.63. The van der Waals surface area contributed by atoms with E-state index < -0.39 is 0 Å². The van der Waals surface area contributed by atoms with Crippen LogP contribution in [0.3, 0.4) is 0 Å². The first kappa shape index (κ1) is 17.2. The van der Waals surface area contributed by atoms with E-state index in [0.29, 0.717) is 6.54 Å². The van der Waals surface area contributed by atoms with E-state index in [1.165, 1.54) is 11.1 Å². The molecule has 0 bridgehead atoms. The Morgan fingerprint density at radius 3 is 2.08 bits per heavy atom. The van der Waals surface area contributed by atoms with Gasteiger partial charge in [-0.05, 0) is 35.1 Å². The highest BCUT2D eigenvalue weighted by Gasteiger charge is 2.13. The van der Waals surface area contributed by atoms with E-state index in [4.69, 9.17) is 0 Å². The highest BCUT2D eigenvalue weighted by molar-refractivity contribution is 5.60. The van der Waals surface area contributed by atoms with E-state index in [1.807, 2.05) is 16.7 Å². The summed E-state index contributed by atoms with van der Waals surface area (Å²) in [4.78, 5) is 12.5. The second kappa shape index (κ2) is 6.72. The summed E-state index contributed by atoms with van der Waals surface area (Å²) in [6.07, 6.45) is 0. The molecule has 0 spiro atoms. The molecular formula is C23H25NO. The van der Waals surface area contributed by atoms with Crippen molar-refractivity contribution in [2.75, 3.05) is 0 Å². The van der Waals surface area contributed by atoms with Crippen LogP contribution < -0.4 is 5.56 Å². The lowest BCUT2D eigenvalue weighted by molar-refractivity contribution is 0.589. The van der Waals surface area contributed by atoms with E-state index in [9.17, 15) is 4.79 Å². The van der Waals surface area contributed by atoms with Crippen LogP contribution in [0.4, 0.5) is 0 Å². The van der Waals surface area contributed by atoms with Gasteiger partial charge in [0.05, 0.1) is 12.2 Å². The van der Waals surface area contributed by atoms with Gasteiger partial charge in [0.25, 0.3) is 5.56 Å². The lowest BCUT2D eigenvalue weighted by Crippen LogP contribution is -2.21. The molecule has 1 aromatic heterocycles. The molecule has 0 fully saturated rings. The minimum Gasteiger partial charge on any atom is -0.304 e. The van der Waals surface area contributed by atoms with Crippen molar-refractivity contribution in [2.45, 2.75) is 39.7 Å². The molecule has 0 radical (unpaired) electrons. The van der Waals surface area contributed by atoms with Crippen molar-refractivity contribution in [3.63, 3.8) is 0 Å². The zero-order valence-corrected chi connectivity index (χ0v) is 15.4. The van der Waals surface area contributed by atoms with Crippen LogP contribution in [0.1, 0.15) is 37.5 Å². The summed E-state index contributed by atoms with van der Waals surface area (Å²) in [7, 11) is 0. The van der Waals surface area contributed by atoms with Crippen molar-refractivity contribution >= 4 is 0 Å². The summed E-state index contributed by atoms with van der Waals surface area (Å²) in [5.74, 6) is 0. The normalized spacial score (nSPS) is 11.5. The summed E-state index contributed by atoms with van der Waals surface area (Å²) >= 11 is 0. The van der Waals surface area contributed by atoms with Gasteiger partial charge in [0, 0.05) is 6.07 Å². The minimum absolute atomic E-state index is 0.0259. The SMILES string of the molecule is Cc1ccc(-c2cccc(=O)n2Cc2ccc(C(C)(C)C)cc2)cc1. The van der Waals surface area contributed by atoms with Crippen LogP contribution in [-0.2, 0) is 12.0 Å². The highest BCUT2D eigenvalue weighted by atomic mass is 16.1. The standard InChI is InChI=1S/C23H25NO/c1-17-8-12-19(13-9-17)21-6-5-7-22(25)24(21)16-18-10-14-20(15-11-18)23(2,3)4/h5-15H,16H2,1-4H3. The van der Waals surface area contributed by atoms with Gasteiger partial charge in [-0.25, -0.2) is 0 Å². The maximum absolute atomic E-state index is 12.5. The predicted molar refractivity (Wildman–Crippen MR) is 105 cm³/mol. The molecule has 0 unspecified atom stereocenters. The lowest BCUT2D eigenvalue weighted by Gasteiger charge is -2.19. The van der Waals surface area contributed by atoms with Crippen molar-refractivity contribution < 1.29 is 0 Å². The van der Waals surface area contributed by atoms with Crippen LogP contribution in [-0.4, -0.2) is 4.57 Å². The van der Waals surface area contributed by atoms with Gasteiger partial charge in [-0.3, -0.25) is 4.79 Å². The number of rotatable bonds is 3. The Labute approximate surface area is 149 Å². The first-order chi connectivity index (χ1) is 11.8. The number of benzene rings is 2. The summed E-state index contributed by atoms with van der Waals surface area (Å²) in [6.45, 7) is 9.27. The number of aromatic nitrogens is 1. The first-order valence-electron chi connectivity index (χ1n) is 8.71. The van der Waals surface area contributed by atoms with Gasteiger partial charge in [0.1, 0.15) is 0 Å². The van der Waals surface area contributed by atoms with Crippen LogP contribution in [0.5, 0.6) is 0 Å². The van der Waals surface area contributed by atoms with E-state index in [-0.39, 0.29) is 11.0 Å². The van der Waals surface area contributed by atoms with E-state index >= 15 is 0 Å². The van der Waals surface area contributed by atoms with Crippen molar-refractivity contribution in [3.8, 4) is 11.3 Å². The molecule has 0 saturated carbocycles. The molecule has 0 amide bonds. The van der Waals surface area contributed by atoms with E-state index in [0.717, 1.165) is 16.8 Å². The molecule has 0 aliphatic heterocycles. The van der Waals surface area contributed by atoms with Crippen LogP contribution >= 0.6 is 0 Å². The van der Waals surface area contributed by atoms with Gasteiger partial charge in [0.15, 0.2) is 0 Å². The number of hydrogen-bond acceptors (Lipinski definition) is 1. The van der Waals surface area contributed by atoms with Gasteiger partial charge in [0.2, 0.25) is 0 Å². The van der Waals surface area contributed by atoms with Gasteiger partial charge in [-0.2, -0.15) is 0 Å². The van der Waals surface area contributed by atoms with Gasteiger partial charge >= 0.3 is 0 Å². The Bertz CT molecular complexity index is 910. The third kappa shape index (κ3) is 3.90. The molecule has 2 aromatic carbocycles. The zero-order valence-electron chi connectivity index (χ0n) is 15.4. The van der Waals surface area contributed by atoms with Gasteiger partial charge in [-0.1, -0.05) is 80.9 Å². The number of pyridine rings is 1. The van der Waals surface area contributed by atoms with Crippen LogP contribution in [0.15, 0.2) is 71.5 Å². The molecule has 1 heterocycles. The molecular weight excluding hydrogens is 306 g/mol. The smallest absolute Gasteiger partial charge is 0.251 e. The van der Waals surface area contributed by atoms with Crippen molar-refractivity contribution in [1.82, 2.24) is 4.57 Å². The van der Waals surface area contributed by atoms with Crippen LogP contribution in [0, 0.1) is 6.92 Å². The fourth-order valence-corrected chi connectivity index (χ4v) is 2.95. The highest BCUT2D eigenvalue weighted by Crippen LogP contribution is 2.23. The minimum atomic E-state index is 0.0259. The van der Waals surface area contributed by atoms with Crippen molar-refractivity contribution in [2.24, 2.45) is 0 Å². The van der Waals surface area contributed by atoms with Crippen molar-refractivity contribution in [1.29, 1.82) is 0 Å². The third-order valence-electron chi connectivity index (χ3n) is 4.56. The summed E-state index contributed by atoms with van der Waals surface area (Å²) in [6, 6.07) is 22.3. The predicted octanol–water partition coefficient (Wildman–Crippen LogP) is 5.17. The van der Waals surface area contributed by atoms with Crippen LogP contribution in [0.2, 0.25) is 0 Å². The Morgan fingerprint density at radius 1 is 0.840 bits per heavy atom. The first-order valence-corrected chi connectivity index (χ1v) is 8.71. The second-order valence-electron chi connectivity index (χ2n) is 7.65. The van der Waals surface area contributed by atoms with Crippen molar-refractivity contribution in [3.05, 3.63) is 93.8 Å². The summed E-state index contributed by atoms with van der Waals surface area (Å²) in [5, 5.41) is 0. The summed E-state index contributed by atoms with van der Waals surface area (Å²) in [5.41, 5.74) is 5.83. The van der Waals surface area contributed by atoms with Gasteiger partial charge in [-0.15, -0.1) is 0 Å². The lowest BCUT2D eigenvalue weighted by atomic mass is 9.87. The zero-order chi connectivity index (χ0) is 18.0. The quantitative estimate of drug-likeness (QED) is 0.649. The fraction of sp³-hybridized carbons (Fsp3) is 0.261.